The van der Waals surface area contributed by atoms with Crippen LogP contribution in [0.15, 0.2) is 0 Å². The van der Waals surface area contributed by atoms with Crippen molar-refractivity contribution in [2.45, 2.75) is 70.4 Å². The van der Waals surface area contributed by atoms with Gasteiger partial charge >= 0.3 is 0 Å². The average molecular weight is 264 g/mol. The number of rotatable bonds is 8. The van der Waals surface area contributed by atoms with Crippen LogP contribution in [0.4, 0.5) is 0 Å². The van der Waals surface area contributed by atoms with Crippen LogP contribution in [0.25, 0.3) is 0 Å². The molecule has 0 aromatic heterocycles. The molecular formula is C17H32N2. The first-order chi connectivity index (χ1) is 9.22. The summed E-state index contributed by atoms with van der Waals surface area (Å²) in [5.41, 5.74) is 0. The Balaban J connectivity index is 1.31. The van der Waals surface area contributed by atoms with E-state index in [1.165, 1.54) is 58.0 Å². The quantitative estimate of drug-likeness (QED) is 0.677. The highest BCUT2D eigenvalue weighted by Gasteiger charge is 2.39. The van der Waals surface area contributed by atoms with Gasteiger partial charge in [-0.2, -0.15) is 0 Å². The number of hydrogen-bond acceptors (Lipinski definition) is 2. The highest BCUT2D eigenvalue weighted by molar-refractivity contribution is 4.91. The molecule has 2 bridgehead atoms. The van der Waals surface area contributed by atoms with Gasteiger partial charge in [-0.05, 0) is 83.2 Å². The predicted octanol–water partition coefficient (Wildman–Crippen LogP) is 3.28. The van der Waals surface area contributed by atoms with E-state index in [9.17, 15) is 0 Å². The summed E-state index contributed by atoms with van der Waals surface area (Å²) in [5.74, 6) is 3.20. The van der Waals surface area contributed by atoms with Crippen molar-refractivity contribution in [3.8, 4) is 0 Å². The van der Waals surface area contributed by atoms with Crippen molar-refractivity contribution >= 4 is 0 Å². The summed E-state index contributed by atoms with van der Waals surface area (Å²) < 4.78 is 0. The third-order valence-electron chi connectivity index (χ3n) is 5.97. The van der Waals surface area contributed by atoms with Crippen LogP contribution in [0.3, 0.4) is 0 Å². The van der Waals surface area contributed by atoms with E-state index in [0.717, 1.165) is 29.8 Å². The minimum atomic E-state index is 0.764. The molecule has 0 radical (unpaired) electrons. The second kappa shape index (κ2) is 6.13. The van der Waals surface area contributed by atoms with Gasteiger partial charge in [-0.1, -0.05) is 6.42 Å². The van der Waals surface area contributed by atoms with Gasteiger partial charge in [0.2, 0.25) is 0 Å². The Labute approximate surface area is 119 Å². The number of hydrogen-bond donors (Lipinski definition) is 1. The largest absolute Gasteiger partial charge is 0.314 e. The van der Waals surface area contributed by atoms with Crippen LogP contribution in [-0.4, -0.2) is 37.1 Å². The van der Waals surface area contributed by atoms with Gasteiger partial charge in [-0.15, -0.1) is 0 Å². The molecule has 0 aliphatic heterocycles. The van der Waals surface area contributed by atoms with Crippen molar-refractivity contribution < 1.29 is 0 Å². The third-order valence-corrected chi connectivity index (χ3v) is 5.97. The first-order valence-corrected chi connectivity index (χ1v) is 8.66. The Hall–Kier alpha value is -0.0800. The third kappa shape index (κ3) is 3.72. The van der Waals surface area contributed by atoms with Crippen LogP contribution >= 0.6 is 0 Å². The molecule has 0 aromatic rings. The normalized spacial score (nSPS) is 35.2. The summed E-state index contributed by atoms with van der Waals surface area (Å²) >= 11 is 0. The highest BCUT2D eigenvalue weighted by atomic mass is 15.1. The Kier molecular flexibility index (Phi) is 4.48. The lowest BCUT2D eigenvalue weighted by atomic mass is 9.88. The zero-order chi connectivity index (χ0) is 13.2. The Morgan fingerprint density at radius 1 is 1.16 bits per heavy atom. The van der Waals surface area contributed by atoms with Crippen LogP contribution in [0.5, 0.6) is 0 Å². The van der Waals surface area contributed by atoms with E-state index >= 15 is 0 Å². The SMILES string of the molecule is CC(CCCNC1CC1)N(C)CC1CC2CCC1C2. The zero-order valence-electron chi connectivity index (χ0n) is 12.9. The number of nitrogens with zero attached hydrogens (tertiary/aromatic N) is 1. The number of nitrogens with one attached hydrogen (secondary N) is 1. The molecule has 4 unspecified atom stereocenters. The summed E-state index contributed by atoms with van der Waals surface area (Å²) in [7, 11) is 2.35. The second-order valence-electron chi connectivity index (χ2n) is 7.59. The molecular weight excluding hydrogens is 232 g/mol. The Morgan fingerprint density at radius 2 is 2.00 bits per heavy atom. The molecule has 0 amide bonds. The smallest absolute Gasteiger partial charge is 0.00682 e. The van der Waals surface area contributed by atoms with E-state index in [4.69, 9.17) is 0 Å². The van der Waals surface area contributed by atoms with Crippen molar-refractivity contribution in [1.82, 2.24) is 10.2 Å². The first kappa shape index (κ1) is 13.9. The van der Waals surface area contributed by atoms with Crippen LogP contribution in [-0.2, 0) is 0 Å². The molecule has 4 atom stereocenters. The Bertz CT molecular complexity index is 287. The predicted molar refractivity (Wildman–Crippen MR) is 81.3 cm³/mol. The molecule has 2 heteroatoms. The minimum Gasteiger partial charge on any atom is -0.314 e. The molecule has 1 N–H and O–H groups in total. The maximum atomic E-state index is 3.63. The fourth-order valence-corrected chi connectivity index (χ4v) is 4.36. The minimum absolute atomic E-state index is 0.764. The lowest BCUT2D eigenvalue weighted by Gasteiger charge is -2.31. The standard InChI is InChI=1S/C17H32N2/c1-13(4-3-9-18-17-7-8-17)19(2)12-16-11-14-5-6-15(16)10-14/h13-18H,3-12H2,1-2H3. The molecule has 19 heavy (non-hydrogen) atoms. The summed E-state index contributed by atoms with van der Waals surface area (Å²) in [5, 5.41) is 3.63. The van der Waals surface area contributed by atoms with Crippen molar-refractivity contribution in [3.63, 3.8) is 0 Å². The molecule has 0 heterocycles. The molecule has 0 saturated heterocycles. The summed E-state index contributed by atoms with van der Waals surface area (Å²) in [6.07, 6.45) is 11.7. The van der Waals surface area contributed by atoms with E-state index in [1.807, 2.05) is 0 Å². The average Bonchev–Trinajstić information content (AvgIpc) is 3.00. The zero-order valence-corrected chi connectivity index (χ0v) is 12.9. The second-order valence-corrected chi connectivity index (χ2v) is 7.59. The van der Waals surface area contributed by atoms with Gasteiger partial charge < -0.3 is 10.2 Å². The van der Waals surface area contributed by atoms with Gasteiger partial charge in [0.15, 0.2) is 0 Å². The van der Waals surface area contributed by atoms with Crippen LogP contribution in [0.1, 0.15) is 58.3 Å². The summed E-state index contributed by atoms with van der Waals surface area (Å²) in [4.78, 5) is 2.64. The lowest BCUT2D eigenvalue weighted by molar-refractivity contribution is 0.173. The van der Waals surface area contributed by atoms with E-state index in [-0.39, 0.29) is 0 Å². The number of fused-ring (bicyclic) bond motifs is 2. The van der Waals surface area contributed by atoms with Crippen LogP contribution < -0.4 is 5.32 Å². The van der Waals surface area contributed by atoms with E-state index in [1.54, 1.807) is 6.42 Å². The monoisotopic (exact) mass is 264 g/mol. The summed E-state index contributed by atoms with van der Waals surface area (Å²) in [6.45, 7) is 5.01. The van der Waals surface area contributed by atoms with E-state index in [2.05, 4.69) is 24.2 Å². The molecule has 2 nitrogen and oxygen atoms in total. The fourth-order valence-electron chi connectivity index (χ4n) is 4.36. The van der Waals surface area contributed by atoms with Crippen molar-refractivity contribution in [2.24, 2.45) is 17.8 Å². The molecule has 110 valence electrons. The van der Waals surface area contributed by atoms with Crippen LogP contribution in [0.2, 0.25) is 0 Å². The summed E-state index contributed by atoms with van der Waals surface area (Å²) in [6, 6.07) is 1.64. The van der Waals surface area contributed by atoms with Gasteiger partial charge in [0.1, 0.15) is 0 Å². The van der Waals surface area contributed by atoms with Crippen molar-refractivity contribution in [1.29, 1.82) is 0 Å². The molecule has 3 fully saturated rings. The molecule has 3 aliphatic carbocycles. The van der Waals surface area contributed by atoms with E-state index in [0.29, 0.717) is 0 Å². The molecule has 0 spiro atoms. The first-order valence-electron chi connectivity index (χ1n) is 8.66. The van der Waals surface area contributed by atoms with Gasteiger partial charge in [0, 0.05) is 18.6 Å². The Morgan fingerprint density at radius 3 is 2.63 bits per heavy atom. The fraction of sp³-hybridized carbons (Fsp3) is 1.00. The topological polar surface area (TPSA) is 15.3 Å². The van der Waals surface area contributed by atoms with Crippen molar-refractivity contribution in [2.75, 3.05) is 20.1 Å². The molecule has 3 aliphatic rings. The van der Waals surface area contributed by atoms with Crippen molar-refractivity contribution in [3.05, 3.63) is 0 Å². The van der Waals surface area contributed by atoms with Gasteiger partial charge in [0.05, 0.1) is 0 Å². The van der Waals surface area contributed by atoms with E-state index < -0.39 is 0 Å². The highest BCUT2D eigenvalue weighted by Crippen LogP contribution is 2.48. The van der Waals surface area contributed by atoms with Gasteiger partial charge in [0.25, 0.3) is 0 Å². The van der Waals surface area contributed by atoms with Gasteiger partial charge in [-0.25, -0.2) is 0 Å². The molecule has 3 saturated carbocycles. The molecule has 3 rings (SSSR count). The lowest BCUT2D eigenvalue weighted by Crippen LogP contribution is -2.35. The maximum Gasteiger partial charge on any atom is 0.00682 e. The molecule has 0 aromatic carbocycles. The van der Waals surface area contributed by atoms with Crippen LogP contribution in [0, 0.1) is 17.8 Å². The maximum absolute atomic E-state index is 3.63. The van der Waals surface area contributed by atoms with Gasteiger partial charge in [-0.3, -0.25) is 0 Å².